The molecule has 1 aromatic carbocycles. The highest BCUT2D eigenvalue weighted by atomic mass is 79.9. The SMILES string of the molecule is CCC(C)CSCc1ccccc1Br. The normalized spacial score (nSPS) is 12.8. The second kappa shape index (κ2) is 6.52. The van der Waals surface area contributed by atoms with Gasteiger partial charge in [0.25, 0.3) is 0 Å². The van der Waals surface area contributed by atoms with Crippen LogP contribution in [0.4, 0.5) is 0 Å². The maximum atomic E-state index is 3.57. The molecule has 14 heavy (non-hydrogen) atoms. The fourth-order valence-corrected chi connectivity index (χ4v) is 2.94. The summed E-state index contributed by atoms with van der Waals surface area (Å²) in [5.74, 6) is 3.21. The summed E-state index contributed by atoms with van der Waals surface area (Å²) in [5, 5.41) is 0. The standard InChI is InChI=1S/C12H17BrS/c1-3-10(2)8-14-9-11-6-4-5-7-12(11)13/h4-7,10H,3,8-9H2,1-2H3. The van der Waals surface area contributed by atoms with E-state index in [0.29, 0.717) is 0 Å². The van der Waals surface area contributed by atoms with Gasteiger partial charge < -0.3 is 0 Å². The van der Waals surface area contributed by atoms with E-state index < -0.39 is 0 Å². The van der Waals surface area contributed by atoms with Crippen LogP contribution in [0.25, 0.3) is 0 Å². The molecule has 0 aromatic heterocycles. The predicted octanol–water partition coefficient (Wildman–Crippen LogP) is 4.73. The molecule has 0 saturated heterocycles. The minimum Gasteiger partial charge on any atom is -0.157 e. The highest BCUT2D eigenvalue weighted by Gasteiger charge is 2.01. The van der Waals surface area contributed by atoms with Crippen molar-refractivity contribution in [3.05, 3.63) is 34.3 Å². The highest BCUT2D eigenvalue weighted by Crippen LogP contribution is 2.22. The Hall–Kier alpha value is 0.0500. The van der Waals surface area contributed by atoms with Crippen molar-refractivity contribution in [2.24, 2.45) is 5.92 Å². The van der Waals surface area contributed by atoms with Crippen LogP contribution in [-0.4, -0.2) is 5.75 Å². The Labute approximate surface area is 99.6 Å². The van der Waals surface area contributed by atoms with Gasteiger partial charge in [0.05, 0.1) is 0 Å². The third kappa shape index (κ3) is 4.05. The lowest BCUT2D eigenvalue weighted by atomic mass is 10.2. The summed E-state index contributed by atoms with van der Waals surface area (Å²) in [5.41, 5.74) is 1.40. The molecular weight excluding hydrogens is 256 g/mol. The summed E-state index contributed by atoms with van der Waals surface area (Å²) < 4.78 is 1.23. The summed E-state index contributed by atoms with van der Waals surface area (Å²) in [7, 11) is 0. The van der Waals surface area contributed by atoms with Crippen molar-refractivity contribution in [2.75, 3.05) is 5.75 Å². The van der Waals surface area contributed by atoms with E-state index in [9.17, 15) is 0 Å². The molecule has 0 fully saturated rings. The van der Waals surface area contributed by atoms with Gasteiger partial charge in [0, 0.05) is 10.2 Å². The van der Waals surface area contributed by atoms with E-state index in [1.54, 1.807) is 0 Å². The van der Waals surface area contributed by atoms with E-state index >= 15 is 0 Å². The van der Waals surface area contributed by atoms with Crippen molar-refractivity contribution in [3.8, 4) is 0 Å². The van der Waals surface area contributed by atoms with Crippen molar-refractivity contribution in [2.45, 2.75) is 26.0 Å². The summed E-state index contributed by atoms with van der Waals surface area (Å²) in [4.78, 5) is 0. The van der Waals surface area contributed by atoms with Gasteiger partial charge in [-0.05, 0) is 23.3 Å². The quantitative estimate of drug-likeness (QED) is 0.747. The zero-order valence-corrected chi connectivity index (χ0v) is 11.2. The number of hydrogen-bond donors (Lipinski definition) is 0. The summed E-state index contributed by atoms with van der Waals surface area (Å²) in [6.45, 7) is 4.57. The van der Waals surface area contributed by atoms with Gasteiger partial charge in [0.15, 0.2) is 0 Å². The molecule has 2 heteroatoms. The molecule has 0 amide bonds. The molecule has 0 spiro atoms. The van der Waals surface area contributed by atoms with Gasteiger partial charge in [0.1, 0.15) is 0 Å². The zero-order chi connectivity index (χ0) is 10.4. The minimum absolute atomic E-state index is 0.836. The maximum absolute atomic E-state index is 3.57. The van der Waals surface area contributed by atoms with Crippen LogP contribution < -0.4 is 0 Å². The molecule has 0 aliphatic rings. The first-order valence-electron chi connectivity index (χ1n) is 5.05. The molecule has 0 nitrogen and oxygen atoms in total. The molecule has 1 unspecified atom stereocenters. The molecule has 0 saturated carbocycles. The van der Waals surface area contributed by atoms with Crippen LogP contribution in [0.2, 0.25) is 0 Å². The van der Waals surface area contributed by atoms with Crippen LogP contribution in [0, 0.1) is 5.92 Å². The number of rotatable bonds is 5. The molecule has 0 radical (unpaired) electrons. The third-order valence-corrected chi connectivity index (χ3v) is 4.41. The van der Waals surface area contributed by atoms with Crippen molar-refractivity contribution < 1.29 is 0 Å². The molecule has 0 N–H and O–H groups in total. The van der Waals surface area contributed by atoms with Crippen LogP contribution in [0.5, 0.6) is 0 Å². The van der Waals surface area contributed by atoms with Crippen molar-refractivity contribution in [1.82, 2.24) is 0 Å². The molecule has 0 bridgehead atoms. The molecule has 1 aromatic rings. The lowest BCUT2D eigenvalue weighted by molar-refractivity contribution is 0.637. The molecule has 0 heterocycles. The molecular formula is C12H17BrS. The fraction of sp³-hybridized carbons (Fsp3) is 0.500. The Kier molecular flexibility index (Phi) is 5.64. The topological polar surface area (TPSA) is 0 Å². The first-order valence-corrected chi connectivity index (χ1v) is 7.00. The number of halogens is 1. The molecule has 0 aliphatic heterocycles. The Morgan fingerprint density at radius 3 is 2.71 bits per heavy atom. The smallest absolute Gasteiger partial charge is 0.0215 e. The molecule has 1 rings (SSSR count). The van der Waals surface area contributed by atoms with Crippen molar-refractivity contribution in [3.63, 3.8) is 0 Å². The van der Waals surface area contributed by atoms with E-state index in [-0.39, 0.29) is 0 Å². The number of hydrogen-bond acceptors (Lipinski definition) is 1. The molecule has 78 valence electrons. The summed E-state index contributed by atoms with van der Waals surface area (Å²) in [6, 6.07) is 8.46. The second-order valence-electron chi connectivity index (χ2n) is 3.62. The molecule has 1 atom stereocenters. The van der Waals surface area contributed by atoms with Gasteiger partial charge in [-0.1, -0.05) is 54.4 Å². The highest BCUT2D eigenvalue weighted by molar-refractivity contribution is 9.10. The second-order valence-corrected chi connectivity index (χ2v) is 5.50. The van der Waals surface area contributed by atoms with E-state index in [1.165, 1.54) is 22.2 Å². The maximum Gasteiger partial charge on any atom is 0.0215 e. The first kappa shape index (κ1) is 12.1. The van der Waals surface area contributed by atoms with E-state index in [4.69, 9.17) is 0 Å². The number of benzene rings is 1. The van der Waals surface area contributed by atoms with Gasteiger partial charge in [-0.2, -0.15) is 11.8 Å². The average molecular weight is 273 g/mol. The van der Waals surface area contributed by atoms with Crippen LogP contribution in [-0.2, 0) is 5.75 Å². The van der Waals surface area contributed by atoms with E-state index in [1.807, 2.05) is 11.8 Å². The Bertz CT molecular complexity index is 273. The van der Waals surface area contributed by atoms with Gasteiger partial charge in [-0.15, -0.1) is 0 Å². The van der Waals surface area contributed by atoms with Crippen molar-refractivity contribution in [1.29, 1.82) is 0 Å². The Morgan fingerprint density at radius 2 is 2.07 bits per heavy atom. The summed E-state index contributed by atoms with van der Waals surface area (Å²) in [6.07, 6.45) is 1.28. The van der Waals surface area contributed by atoms with Crippen LogP contribution in [0.1, 0.15) is 25.8 Å². The number of thioether (sulfide) groups is 1. The van der Waals surface area contributed by atoms with Crippen LogP contribution in [0.3, 0.4) is 0 Å². The van der Waals surface area contributed by atoms with E-state index in [0.717, 1.165) is 11.7 Å². The van der Waals surface area contributed by atoms with Crippen molar-refractivity contribution >= 4 is 27.7 Å². The largest absolute Gasteiger partial charge is 0.157 e. The Balaban J connectivity index is 2.35. The Morgan fingerprint density at radius 1 is 1.36 bits per heavy atom. The van der Waals surface area contributed by atoms with Gasteiger partial charge >= 0.3 is 0 Å². The average Bonchev–Trinajstić information content (AvgIpc) is 2.20. The fourth-order valence-electron chi connectivity index (χ4n) is 1.10. The first-order chi connectivity index (χ1) is 6.74. The zero-order valence-electron chi connectivity index (χ0n) is 8.79. The van der Waals surface area contributed by atoms with Crippen LogP contribution in [0.15, 0.2) is 28.7 Å². The molecule has 0 aliphatic carbocycles. The van der Waals surface area contributed by atoms with Gasteiger partial charge in [-0.3, -0.25) is 0 Å². The summed E-state index contributed by atoms with van der Waals surface area (Å²) >= 11 is 5.59. The van der Waals surface area contributed by atoms with Gasteiger partial charge in [0.2, 0.25) is 0 Å². The van der Waals surface area contributed by atoms with Crippen LogP contribution >= 0.6 is 27.7 Å². The van der Waals surface area contributed by atoms with Gasteiger partial charge in [-0.25, -0.2) is 0 Å². The monoisotopic (exact) mass is 272 g/mol. The van der Waals surface area contributed by atoms with E-state index in [2.05, 4.69) is 54.0 Å². The lowest BCUT2D eigenvalue weighted by Gasteiger charge is -2.08. The minimum atomic E-state index is 0.836. The predicted molar refractivity (Wildman–Crippen MR) is 69.8 cm³/mol. The lowest BCUT2D eigenvalue weighted by Crippen LogP contribution is -1.96. The third-order valence-electron chi connectivity index (χ3n) is 2.31.